The van der Waals surface area contributed by atoms with Crippen molar-refractivity contribution in [1.82, 2.24) is 10.6 Å². The summed E-state index contributed by atoms with van der Waals surface area (Å²) >= 11 is 0. The molecule has 1 fully saturated rings. The maximum atomic E-state index is 11.9. The van der Waals surface area contributed by atoms with Crippen LogP contribution in [0.15, 0.2) is 0 Å². The van der Waals surface area contributed by atoms with Crippen LogP contribution in [0.2, 0.25) is 0 Å². The van der Waals surface area contributed by atoms with Crippen LogP contribution in [0.4, 0.5) is 0 Å². The van der Waals surface area contributed by atoms with Crippen molar-refractivity contribution < 1.29 is 4.79 Å². The second-order valence-electron chi connectivity index (χ2n) is 6.40. The predicted molar refractivity (Wildman–Crippen MR) is 76.4 cm³/mol. The van der Waals surface area contributed by atoms with E-state index < -0.39 is 0 Å². The van der Waals surface area contributed by atoms with Gasteiger partial charge in [0.05, 0.1) is 6.04 Å². The van der Waals surface area contributed by atoms with Crippen molar-refractivity contribution >= 4 is 5.91 Å². The van der Waals surface area contributed by atoms with E-state index in [0.29, 0.717) is 17.9 Å². The number of carbonyl (C=O) groups excluding carboxylic acids is 1. The van der Waals surface area contributed by atoms with Gasteiger partial charge >= 0.3 is 0 Å². The summed E-state index contributed by atoms with van der Waals surface area (Å²) in [6.45, 7) is 11.6. The molecule has 1 aliphatic rings. The van der Waals surface area contributed by atoms with Gasteiger partial charge in [-0.25, -0.2) is 0 Å². The van der Waals surface area contributed by atoms with E-state index in [1.165, 1.54) is 19.3 Å². The Hall–Kier alpha value is -0.570. The molecule has 0 aromatic heterocycles. The van der Waals surface area contributed by atoms with Crippen molar-refractivity contribution in [3.05, 3.63) is 0 Å². The molecule has 3 heteroatoms. The summed E-state index contributed by atoms with van der Waals surface area (Å²) in [4.78, 5) is 11.9. The molecule has 0 aliphatic heterocycles. The molecule has 1 aliphatic carbocycles. The zero-order valence-electron chi connectivity index (χ0n) is 12.6. The number of hydrogen-bond acceptors (Lipinski definition) is 2. The average molecular weight is 254 g/mol. The topological polar surface area (TPSA) is 41.1 Å². The van der Waals surface area contributed by atoms with E-state index in [-0.39, 0.29) is 11.9 Å². The smallest absolute Gasteiger partial charge is 0.236 e. The molecular formula is C15H30N2O. The van der Waals surface area contributed by atoms with Crippen LogP contribution in [0.1, 0.15) is 53.9 Å². The third-order valence-electron chi connectivity index (χ3n) is 4.25. The zero-order chi connectivity index (χ0) is 13.7. The second-order valence-corrected chi connectivity index (χ2v) is 6.40. The van der Waals surface area contributed by atoms with E-state index >= 15 is 0 Å². The highest BCUT2D eigenvalue weighted by atomic mass is 16.2. The summed E-state index contributed by atoms with van der Waals surface area (Å²) in [6, 6.07) is 0.412. The van der Waals surface area contributed by atoms with Crippen LogP contribution in [0.5, 0.6) is 0 Å². The van der Waals surface area contributed by atoms with Crippen LogP contribution in [-0.2, 0) is 4.79 Å². The molecule has 2 N–H and O–H groups in total. The summed E-state index contributed by atoms with van der Waals surface area (Å²) in [5.74, 6) is 2.07. The highest BCUT2D eigenvalue weighted by Gasteiger charge is 2.29. The largest absolute Gasteiger partial charge is 0.354 e. The lowest BCUT2D eigenvalue weighted by Gasteiger charge is -2.36. The standard InChI is InChI=1S/C15H30N2O/c1-10(2)9-16-15(18)13(5)17-14-8-6-7-11(3)12(14)4/h10-14,17H,6-9H2,1-5H3,(H,16,18). The highest BCUT2D eigenvalue weighted by molar-refractivity contribution is 5.81. The molecule has 0 aromatic carbocycles. The third-order valence-corrected chi connectivity index (χ3v) is 4.25. The normalized spacial score (nSPS) is 30.2. The first kappa shape index (κ1) is 15.5. The van der Waals surface area contributed by atoms with E-state index in [9.17, 15) is 4.79 Å². The van der Waals surface area contributed by atoms with Crippen LogP contribution in [0.25, 0.3) is 0 Å². The molecule has 106 valence electrons. The van der Waals surface area contributed by atoms with Gasteiger partial charge in [0.2, 0.25) is 5.91 Å². The first-order valence-corrected chi connectivity index (χ1v) is 7.45. The van der Waals surface area contributed by atoms with Gasteiger partial charge in [-0.05, 0) is 31.1 Å². The van der Waals surface area contributed by atoms with Crippen molar-refractivity contribution in [3.8, 4) is 0 Å². The molecule has 0 aromatic rings. The van der Waals surface area contributed by atoms with Gasteiger partial charge in [0.15, 0.2) is 0 Å². The quantitative estimate of drug-likeness (QED) is 0.791. The zero-order valence-corrected chi connectivity index (χ0v) is 12.6. The van der Waals surface area contributed by atoms with Gasteiger partial charge in [-0.1, -0.05) is 40.5 Å². The number of nitrogens with one attached hydrogen (secondary N) is 2. The first-order valence-electron chi connectivity index (χ1n) is 7.45. The number of carbonyl (C=O) groups is 1. The first-order chi connectivity index (χ1) is 8.41. The van der Waals surface area contributed by atoms with Crippen molar-refractivity contribution in [1.29, 1.82) is 0 Å². The molecule has 3 nitrogen and oxygen atoms in total. The van der Waals surface area contributed by atoms with E-state index in [2.05, 4.69) is 38.3 Å². The Balaban J connectivity index is 2.38. The molecule has 0 heterocycles. The minimum absolute atomic E-state index is 0.0819. The molecule has 1 saturated carbocycles. The van der Waals surface area contributed by atoms with Crippen LogP contribution in [0, 0.1) is 17.8 Å². The molecular weight excluding hydrogens is 224 g/mol. The van der Waals surface area contributed by atoms with E-state index in [1.807, 2.05) is 6.92 Å². The lowest BCUT2D eigenvalue weighted by atomic mass is 9.78. The minimum atomic E-state index is -0.0819. The lowest BCUT2D eigenvalue weighted by molar-refractivity contribution is -0.123. The minimum Gasteiger partial charge on any atom is -0.354 e. The van der Waals surface area contributed by atoms with E-state index in [1.54, 1.807) is 0 Å². The SMILES string of the molecule is CC(C)CNC(=O)C(C)NC1CCCC(C)C1C. The van der Waals surface area contributed by atoms with Crippen LogP contribution in [0.3, 0.4) is 0 Å². The third kappa shape index (κ3) is 4.60. The van der Waals surface area contributed by atoms with Crippen molar-refractivity contribution in [2.45, 2.75) is 66.0 Å². The molecule has 1 amide bonds. The Morgan fingerprint density at radius 2 is 1.89 bits per heavy atom. The fourth-order valence-corrected chi connectivity index (χ4v) is 2.67. The molecule has 0 saturated heterocycles. The van der Waals surface area contributed by atoms with E-state index in [0.717, 1.165) is 12.5 Å². The maximum Gasteiger partial charge on any atom is 0.236 e. The van der Waals surface area contributed by atoms with Gasteiger partial charge < -0.3 is 10.6 Å². The monoisotopic (exact) mass is 254 g/mol. The van der Waals surface area contributed by atoms with Gasteiger partial charge in [-0.3, -0.25) is 4.79 Å². The summed E-state index contributed by atoms with van der Waals surface area (Å²) in [6.07, 6.45) is 3.81. The Kier molecular flexibility index (Phi) is 6.13. The number of rotatable bonds is 5. The summed E-state index contributed by atoms with van der Waals surface area (Å²) in [5, 5.41) is 6.51. The summed E-state index contributed by atoms with van der Waals surface area (Å²) in [7, 11) is 0. The fraction of sp³-hybridized carbons (Fsp3) is 0.933. The lowest BCUT2D eigenvalue weighted by Crippen LogP contribution is -2.51. The number of hydrogen-bond donors (Lipinski definition) is 2. The van der Waals surface area contributed by atoms with Gasteiger partial charge in [0.1, 0.15) is 0 Å². The van der Waals surface area contributed by atoms with Gasteiger partial charge in [-0.2, -0.15) is 0 Å². The molecule has 4 unspecified atom stereocenters. The molecule has 0 spiro atoms. The van der Waals surface area contributed by atoms with Crippen LogP contribution in [-0.4, -0.2) is 24.5 Å². The van der Waals surface area contributed by atoms with Gasteiger partial charge in [0, 0.05) is 12.6 Å². The highest BCUT2D eigenvalue weighted by Crippen LogP contribution is 2.29. The Morgan fingerprint density at radius 3 is 2.50 bits per heavy atom. The predicted octanol–water partition coefficient (Wildman–Crippen LogP) is 2.56. The van der Waals surface area contributed by atoms with Crippen molar-refractivity contribution in [3.63, 3.8) is 0 Å². The van der Waals surface area contributed by atoms with Crippen molar-refractivity contribution in [2.24, 2.45) is 17.8 Å². The van der Waals surface area contributed by atoms with Gasteiger partial charge in [-0.15, -0.1) is 0 Å². The summed E-state index contributed by atoms with van der Waals surface area (Å²) < 4.78 is 0. The molecule has 4 atom stereocenters. The molecule has 1 rings (SSSR count). The van der Waals surface area contributed by atoms with E-state index in [4.69, 9.17) is 0 Å². The average Bonchev–Trinajstić information content (AvgIpc) is 2.31. The van der Waals surface area contributed by atoms with Crippen LogP contribution >= 0.6 is 0 Å². The Morgan fingerprint density at radius 1 is 1.22 bits per heavy atom. The Bertz CT molecular complexity index is 265. The summed E-state index contributed by atoms with van der Waals surface area (Å²) in [5.41, 5.74) is 0. The van der Waals surface area contributed by atoms with Crippen molar-refractivity contribution in [2.75, 3.05) is 6.54 Å². The second kappa shape index (κ2) is 7.13. The van der Waals surface area contributed by atoms with Gasteiger partial charge in [0.25, 0.3) is 0 Å². The molecule has 18 heavy (non-hydrogen) atoms. The number of amides is 1. The Labute approximate surface area is 112 Å². The molecule has 0 radical (unpaired) electrons. The maximum absolute atomic E-state index is 11.9. The molecule has 0 bridgehead atoms. The fourth-order valence-electron chi connectivity index (χ4n) is 2.67. The van der Waals surface area contributed by atoms with Crippen LogP contribution < -0.4 is 10.6 Å².